The van der Waals surface area contributed by atoms with Crippen LogP contribution in [-0.4, -0.2) is 40.4 Å². The van der Waals surface area contributed by atoms with E-state index in [1.54, 1.807) is 31.2 Å². The molecule has 0 radical (unpaired) electrons. The molecule has 1 saturated carbocycles. The predicted molar refractivity (Wildman–Crippen MR) is 93.2 cm³/mol. The molecule has 134 valence electrons. The first-order valence-electron chi connectivity index (χ1n) is 8.89. The van der Waals surface area contributed by atoms with Crippen molar-refractivity contribution < 1.29 is 19.5 Å². The number of hydrogen-bond acceptors (Lipinski definition) is 3. The second-order valence-electron chi connectivity index (χ2n) is 7.06. The maximum atomic E-state index is 12.5. The standard InChI is InChI=1S/C19H24N2O4/c1-12(19(24)25)13-5-4-6-15(9-13)20-18(23)14-10-17(22)21(11-14)16-7-2-3-8-16/h4-6,9,12,14,16H,2-3,7-8,10-11H2,1H3,(H,20,23)(H,24,25). The van der Waals surface area contributed by atoms with Gasteiger partial charge in [-0.25, -0.2) is 0 Å². The van der Waals surface area contributed by atoms with Gasteiger partial charge in [-0.05, 0) is 37.5 Å². The Morgan fingerprint density at radius 2 is 2.00 bits per heavy atom. The average molecular weight is 344 g/mol. The van der Waals surface area contributed by atoms with E-state index >= 15 is 0 Å². The molecule has 1 aliphatic heterocycles. The van der Waals surface area contributed by atoms with E-state index in [2.05, 4.69) is 5.32 Å². The SMILES string of the molecule is CC(C(=O)O)c1cccc(NC(=O)C2CC(=O)N(C3CCCC3)C2)c1. The highest BCUT2D eigenvalue weighted by atomic mass is 16.4. The van der Waals surface area contributed by atoms with Crippen molar-refractivity contribution in [2.24, 2.45) is 5.92 Å². The second-order valence-corrected chi connectivity index (χ2v) is 7.06. The van der Waals surface area contributed by atoms with Gasteiger partial charge in [0, 0.05) is 24.7 Å². The highest BCUT2D eigenvalue weighted by Gasteiger charge is 2.38. The molecule has 2 atom stereocenters. The molecule has 25 heavy (non-hydrogen) atoms. The minimum Gasteiger partial charge on any atom is -0.481 e. The molecule has 0 spiro atoms. The van der Waals surface area contributed by atoms with Crippen LogP contribution in [-0.2, 0) is 14.4 Å². The minimum atomic E-state index is -0.905. The lowest BCUT2D eigenvalue weighted by atomic mass is 10.0. The average Bonchev–Trinajstić information content (AvgIpc) is 3.23. The molecule has 1 heterocycles. The molecule has 2 aliphatic rings. The van der Waals surface area contributed by atoms with Gasteiger partial charge in [-0.2, -0.15) is 0 Å². The Balaban J connectivity index is 1.64. The third-order valence-corrected chi connectivity index (χ3v) is 5.32. The van der Waals surface area contributed by atoms with Crippen LogP contribution in [0.4, 0.5) is 5.69 Å². The third-order valence-electron chi connectivity index (χ3n) is 5.32. The maximum absolute atomic E-state index is 12.5. The number of nitrogens with one attached hydrogen (secondary N) is 1. The number of anilines is 1. The zero-order chi connectivity index (χ0) is 18.0. The smallest absolute Gasteiger partial charge is 0.310 e. The molecule has 0 aromatic heterocycles. The number of carbonyl (C=O) groups excluding carboxylic acids is 2. The number of amides is 2. The van der Waals surface area contributed by atoms with Crippen LogP contribution < -0.4 is 5.32 Å². The van der Waals surface area contributed by atoms with Gasteiger partial charge >= 0.3 is 5.97 Å². The molecule has 2 amide bonds. The van der Waals surface area contributed by atoms with Crippen molar-refractivity contribution in [1.29, 1.82) is 0 Å². The lowest BCUT2D eigenvalue weighted by Gasteiger charge is -2.23. The Hall–Kier alpha value is -2.37. The van der Waals surface area contributed by atoms with Gasteiger partial charge in [-0.15, -0.1) is 0 Å². The summed E-state index contributed by atoms with van der Waals surface area (Å²) >= 11 is 0. The summed E-state index contributed by atoms with van der Waals surface area (Å²) in [7, 11) is 0. The first-order valence-corrected chi connectivity index (χ1v) is 8.89. The molecule has 2 fully saturated rings. The van der Waals surface area contributed by atoms with Gasteiger partial charge in [0.05, 0.1) is 11.8 Å². The molecule has 1 aromatic carbocycles. The summed E-state index contributed by atoms with van der Waals surface area (Å²) in [6, 6.07) is 7.18. The Kier molecular flexibility index (Phi) is 5.06. The first kappa shape index (κ1) is 17.5. The van der Waals surface area contributed by atoms with E-state index in [0.29, 0.717) is 23.8 Å². The summed E-state index contributed by atoms with van der Waals surface area (Å²) in [5.74, 6) is -1.98. The molecule has 6 nitrogen and oxygen atoms in total. The highest BCUT2D eigenvalue weighted by molar-refractivity contribution is 5.97. The largest absolute Gasteiger partial charge is 0.481 e. The molecule has 1 saturated heterocycles. The molecule has 2 N–H and O–H groups in total. The van der Waals surface area contributed by atoms with Crippen LogP contribution in [0.3, 0.4) is 0 Å². The van der Waals surface area contributed by atoms with E-state index in [0.717, 1.165) is 25.7 Å². The topological polar surface area (TPSA) is 86.7 Å². The molecule has 3 rings (SSSR count). The van der Waals surface area contributed by atoms with Gasteiger partial charge in [0.2, 0.25) is 11.8 Å². The number of likely N-dealkylation sites (tertiary alicyclic amines) is 1. The van der Waals surface area contributed by atoms with Crippen molar-refractivity contribution >= 4 is 23.5 Å². The fourth-order valence-corrected chi connectivity index (χ4v) is 3.75. The fourth-order valence-electron chi connectivity index (χ4n) is 3.75. The molecule has 1 aliphatic carbocycles. The van der Waals surface area contributed by atoms with Crippen molar-refractivity contribution in [1.82, 2.24) is 4.90 Å². The van der Waals surface area contributed by atoms with E-state index in [9.17, 15) is 14.4 Å². The summed E-state index contributed by atoms with van der Waals surface area (Å²) in [6.45, 7) is 2.10. The fraction of sp³-hybridized carbons (Fsp3) is 0.526. The number of benzene rings is 1. The normalized spacial score (nSPS) is 22.2. The van der Waals surface area contributed by atoms with Gasteiger partial charge in [0.1, 0.15) is 0 Å². The van der Waals surface area contributed by atoms with Crippen LogP contribution >= 0.6 is 0 Å². The van der Waals surface area contributed by atoms with E-state index in [-0.39, 0.29) is 24.2 Å². The van der Waals surface area contributed by atoms with Gasteiger partial charge in [0.15, 0.2) is 0 Å². The lowest BCUT2D eigenvalue weighted by Crippen LogP contribution is -2.35. The summed E-state index contributed by atoms with van der Waals surface area (Å²) in [5, 5.41) is 12.0. The molecule has 6 heteroatoms. The molecular weight excluding hydrogens is 320 g/mol. The van der Waals surface area contributed by atoms with Crippen LogP contribution in [0.5, 0.6) is 0 Å². The van der Waals surface area contributed by atoms with Crippen molar-refractivity contribution in [3.8, 4) is 0 Å². The number of hydrogen-bond donors (Lipinski definition) is 2. The number of carboxylic acids is 1. The summed E-state index contributed by atoms with van der Waals surface area (Å²) < 4.78 is 0. The Morgan fingerprint density at radius 1 is 1.28 bits per heavy atom. The molecule has 2 unspecified atom stereocenters. The number of rotatable bonds is 5. The van der Waals surface area contributed by atoms with Crippen molar-refractivity contribution in [3.63, 3.8) is 0 Å². The number of aliphatic carboxylic acids is 1. The molecule has 1 aromatic rings. The van der Waals surface area contributed by atoms with Crippen LogP contribution in [0, 0.1) is 5.92 Å². The summed E-state index contributed by atoms with van der Waals surface area (Å²) in [4.78, 5) is 37.7. The van der Waals surface area contributed by atoms with Gasteiger partial charge in [0.25, 0.3) is 0 Å². The Bertz CT molecular complexity index is 682. The third kappa shape index (κ3) is 3.83. The number of carbonyl (C=O) groups is 3. The van der Waals surface area contributed by atoms with Crippen molar-refractivity contribution in [3.05, 3.63) is 29.8 Å². The Labute approximate surface area is 147 Å². The van der Waals surface area contributed by atoms with E-state index in [4.69, 9.17) is 5.11 Å². The van der Waals surface area contributed by atoms with E-state index < -0.39 is 11.9 Å². The van der Waals surface area contributed by atoms with Crippen molar-refractivity contribution in [2.75, 3.05) is 11.9 Å². The first-order chi connectivity index (χ1) is 12.0. The van der Waals surface area contributed by atoms with E-state index in [1.165, 1.54) is 0 Å². The van der Waals surface area contributed by atoms with E-state index in [1.807, 2.05) is 4.90 Å². The zero-order valence-electron chi connectivity index (χ0n) is 14.4. The highest BCUT2D eigenvalue weighted by Crippen LogP contribution is 2.30. The zero-order valence-corrected chi connectivity index (χ0v) is 14.4. The maximum Gasteiger partial charge on any atom is 0.310 e. The lowest BCUT2D eigenvalue weighted by molar-refractivity contribution is -0.138. The van der Waals surface area contributed by atoms with Crippen LogP contribution in [0.25, 0.3) is 0 Å². The van der Waals surface area contributed by atoms with Gasteiger partial charge < -0.3 is 15.3 Å². The quantitative estimate of drug-likeness (QED) is 0.859. The molecular formula is C19H24N2O4. The Morgan fingerprint density at radius 3 is 2.68 bits per heavy atom. The number of nitrogens with zero attached hydrogens (tertiary/aromatic N) is 1. The summed E-state index contributed by atoms with van der Waals surface area (Å²) in [5.41, 5.74) is 1.21. The van der Waals surface area contributed by atoms with Crippen LogP contribution in [0.15, 0.2) is 24.3 Å². The predicted octanol–water partition coefficient (Wildman–Crippen LogP) is 2.60. The second kappa shape index (κ2) is 7.25. The van der Waals surface area contributed by atoms with Crippen LogP contribution in [0.2, 0.25) is 0 Å². The van der Waals surface area contributed by atoms with Crippen molar-refractivity contribution in [2.45, 2.75) is 51.0 Å². The number of carboxylic acid groups (broad SMARTS) is 1. The van der Waals surface area contributed by atoms with Gasteiger partial charge in [-0.3, -0.25) is 14.4 Å². The minimum absolute atomic E-state index is 0.0697. The summed E-state index contributed by atoms with van der Waals surface area (Å²) in [6.07, 6.45) is 4.64. The van der Waals surface area contributed by atoms with Gasteiger partial charge in [-0.1, -0.05) is 25.0 Å². The van der Waals surface area contributed by atoms with Crippen LogP contribution in [0.1, 0.15) is 50.5 Å². The molecule has 0 bridgehead atoms. The monoisotopic (exact) mass is 344 g/mol.